The average Bonchev–Trinajstić information content (AvgIpc) is 3.27. The van der Waals surface area contributed by atoms with Crippen molar-refractivity contribution >= 4 is 28.4 Å². The normalized spacial score (nSPS) is 26.8. The van der Waals surface area contributed by atoms with Crippen molar-refractivity contribution in [2.24, 2.45) is 5.41 Å². The van der Waals surface area contributed by atoms with Gasteiger partial charge in [0.25, 0.3) is 0 Å². The molecule has 2 bridgehead atoms. The zero-order valence-electron chi connectivity index (χ0n) is 22.8. The summed E-state index contributed by atoms with van der Waals surface area (Å²) in [6, 6.07) is 3.37. The maximum atomic E-state index is 13.9. The maximum Gasteiger partial charge on any atom is 0.245 e. The molecule has 9 heteroatoms. The number of rotatable bonds is 5. The van der Waals surface area contributed by atoms with Crippen molar-refractivity contribution < 1.29 is 23.9 Å². The molecule has 1 saturated carbocycles. The third-order valence-corrected chi connectivity index (χ3v) is 7.89. The SMILES string of the molecule is CCC(=O)[C@@H]1C[C@]23COC/C=C\CCNCc4cc(OC(C)C)cc5c(C(C)=O)nn(c45)CC(=O)N1[C@@H]2C3. The van der Waals surface area contributed by atoms with Crippen LogP contribution in [0.1, 0.15) is 69.4 Å². The summed E-state index contributed by atoms with van der Waals surface area (Å²) in [6.07, 6.45) is 6.82. The summed E-state index contributed by atoms with van der Waals surface area (Å²) in [6.45, 7) is 9.57. The van der Waals surface area contributed by atoms with Gasteiger partial charge in [-0.05, 0) is 57.4 Å². The number of hydrogen-bond acceptors (Lipinski definition) is 7. The van der Waals surface area contributed by atoms with Crippen molar-refractivity contribution in [1.82, 2.24) is 20.0 Å². The number of nitrogens with one attached hydrogen (secondary N) is 1. The van der Waals surface area contributed by atoms with E-state index in [4.69, 9.17) is 9.47 Å². The van der Waals surface area contributed by atoms with Crippen LogP contribution in [0.15, 0.2) is 24.3 Å². The first-order valence-electron chi connectivity index (χ1n) is 13.7. The second-order valence-corrected chi connectivity index (χ2v) is 11.1. The van der Waals surface area contributed by atoms with Gasteiger partial charge in [0.2, 0.25) is 5.91 Å². The molecule has 3 aliphatic rings. The first-order chi connectivity index (χ1) is 18.2. The van der Waals surface area contributed by atoms with Crippen molar-refractivity contribution in [2.45, 2.75) is 84.7 Å². The van der Waals surface area contributed by atoms with Gasteiger partial charge in [0.05, 0.1) is 30.9 Å². The van der Waals surface area contributed by atoms with Gasteiger partial charge >= 0.3 is 0 Å². The lowest BCUT2D eigenvalue weighted by Gasteiger charge is -2.26. The standard InChI is InChI=1S/C29H38N4O5/c1-5-24(35)23-13-29-14-25(29)33(23)26(36)16-32-28-20(15-30-9-7-6-8-10-37-17-29)11-21(38-18(2)3)12-22(28)27(31-32)19(4)34/h6,8,11-12,18,23,25,30H,5,7,9-10,13-17H2,1-4H3/b8-6-/t23-,25+,29-/m0/s1. The van der Waals surface area contributed by atoms with Gasteiger partial charge in [-0.3, -0.25) is 19.1 Å². The molecule has 0 spiro atoms. The molecule has 1 aliphatic carbocycles. The van der Waals surface area contributed by atoms with E-state index in [1.54, 1.807) is 9.58 Å². The second-order valence-electron chi connectivity index (χ2n) is 11.1. The molecule has 0 radical (unpaired) electrons. The highest BCUT2D eigenvalue weighted by Gasteiger charge is 2.66. The minimum Gasteiger partial charge on any atom is -0.491 e. The van der Waals surface area contributed by atoms with Gasteiger partial charge < -0.3 is 19.7 Å². The molecule has 3 atom stereocenters. The number of amides is 1. The van der Waals surface area contributed by atoms with Gasteiger partial charge in [0.1, 0.15) is 18.0 Å². The molecular formula is C29H38N4O5. The summed E-state index contributed by atoms with van der Waals surface area (Å²) < 4.78 is 13.6. The van der Waals surface area contributed by atoms with Crippen molar-refractivity contribution in [3.63, 3.8) is 0 Å². The fourth-order valence-corrected chi connectivity index (χ4v) is 6.06. The minimum absolute atomic E-state index is 0.00329. The van der Waals surface area contributed by atoms with E-state index >= 15 is 0 Å². The Labute approximate surface area is 223 Å². The van der Waals surface area contributed by atoms with E-state index < -0.39 is 6.04 Å². The van der Waals surface area contributed by atoms with Crippen LogP contribution in [0.4, 0.5) is 0 Å². The number of ether oxygens (including phenoxy) is 2. The van der Waals surface area contributed by atoms with E-state index in [1.165, 1.54) is 6.92 Å². The van der Waals surface area contributed by atoms with Gasteiger partial charge in [-0.1, -0.05) is 19.1 Å². The van der Waals surface area contributed by atoms with Gasteiger partial charge in [0, 0.05) is 36.7 Å². The molecule has 0 unspecified atom stereocenters. The van der Waals surface area contributed by atoms with Crippen LogP contribution in [0.2, 0.25) is 0 Å². The zero-order valence-corrected chi connectivity index (χ0v) is 22.8. The van der Waals surface area contributed by atoms with Gasteiger partial charge in [-0.25, -0.2) is 0 Å². The summed E-state index contributed by atoms with van der Waals surface area (Å²) in [5, 5.41) is 8.78. The lowest BCUT2D eigenvalue weighted by Crippen LogP contribution is -2.44. The van der Waals surface area contributed by atoms with Gasteiger partial charge in [-0.2, -0.15) is 5.10 Å². The number of aromatic nitrogens is 2. The van der Waals surface area contributed by atoms with Crippen molar-refractivity contribution in [2.75, 3.05) is 19.8 Å². The smallest absolute Gasteiger partial charge is 0.245 e. The predicted molar refractivity (Wildman–Crippen MR) is 143 cm³/mol. The Morgan fingerprint density at radius 1 is 1.26 bits per heavy atom. The molecule has 38 heavy (non-hydrogen) atoms. The van der Waals surface area contributed by atoms with Crippen LogP contribution in [-0.4, -0.2) is 70.1 Å². The first kappa shape index (κ1) is 26.6. The molecule has 1 N–H and O–H groups in total. The average molecular weight is 523 g/mol. The van der Waals surface area contributed by atoms with Crippen molar-refractivity contribution in [1.29, 1.82) is 0 Å². The number of benzene rings is 1. The largest absolute Gasteiger partial charge is 0.491 e. The Hall–Kier alpha value is -3.04. The third kappa shape index (κ3) is 5.01. The highest BCUT2D eigenvalue weighted by atomic mass is 16.5. The monoisotopic (exact) mass is 522 g/mol. The summed E-state index contributed by atoms with van der Waals surface area (Å²) in [5.41, 5.74) is 1.82. The number of piperidine rings is 1. The fraction of sp³-hybridized carbons (Fsp3) is 0.586. The van der Waals surface area contributed by atoms with Crippen molar-refractivity contribution in [3.05, 3.63) is 35.5 Å². The van der Waals surface area contributed by atoms with E-state index in [0.717, 1.165) is 30.5 Å². The molecule has 3 heterocycles. The zero-order chi connectivity index (χ0) is 27.0. The Morgan fingerprint density at radius 2 is 2.08 bits per heavy atom. The number of hydrogen-bond donors (Lipinski definition) is 1. The minimum atomic E-state index is -0.439. The van der Waals surface area contributed by atoms with Crippen LogP contribution >= 0.6 is 0 Å². The second kappa shape index (κ2) is 10.6. The Balaban J connectivity index is 1.58. The van der Waals surface area contributed by atoms with Crippen molar-refractivity contribution in [3.8, 4) is 5.75 Å². The van der Waals surface area contributed by atoms with E-state index in [9.17, 15) is 14.4 Å². The lowest BCUT2D eigenvalue weighted by molar-refractivity contribution is -0.139. The Bertz CT molecular complexity index is 1280. The Kier molecular flexibility index (Phi) is 7.42. The molecule has 1 aromatic carbocycles. The van der Waals surface area contributed by atoms with Gasteiger partial charge in [-0.15, -0.1) is 0 Å². The van der Waals surface area contributed by atoms with E-state index in [1.807, 2.05) is 39.0 Å². The van der Waals surface area contributed by atoms with Gasteiger partial charge in [0.15, 0.2) is 11.6 Å². The molecule has 9 nitrogen and oxygen atoms in total. The van der Waals surface area contributed by atoms with Crippen LogP contribution in [0, 0.1) is 5.41 Å². The molecular weight excluding hydrogens is 484 g/mol. The molecule has 2 fully saturated rings. The van der Waals surface area contributed by atoms with E-state index in [0.29, 0.717) is 49.4 Å². The van der Waals surface area contributed by atoms with Crippen LogP contribution in [0.25, 0.3) is 10.9 Å². The van der Waals surface area contributed by atoms with E-state index in [-0.39, 0.29) is 41.6 Å². The molecule has 2 aliphatic heterocycles. The number of ketones is 2. The van der Waals surface area contributed by atoms with E-state index in [2.05, 4.69) is 16.5 Å². The first-order valence-corrected chi connectivity index (χ1v) is 13.7. The maximum absolute atomic E-state index is 13.9. The van der Waals surface area contributed by atoms with Crippen LogP contribution in [0.3, 0.4) is 0 Å². The van der Waals surface area contributed by atoms with Crippen LogP contribution in [-0.2, 0) is 27.4 Å². The lowest BCUT2D eigenvalue weighted by atomic mass is 9.97. The highest BCUT2D eigenvalue weighted by molar-refractivity contribution is 6.06. The summed E-state index contributed by atoms with van der Waals surface area (Å²) in [7, 11) is 0. The Morgan fingerprint density at radius 3 is 2.82 bits per heavy atom. The third-order valence-electron chi connectivity index (χ3n) is 7.89. The van der Waals surface area contributed by atoms with Crippen LogP contribution in [0.5, 0.6) is 5.75 Å². The fourth-order valence-electron chi connectivity index (χ4n) is 6.06. The predicted octanol–water partition coefficient (Wildman–Crippen LogP) is 3.43. The highest BCUT2D eigenvalue weighted by Crippen LogP contribution is 2.60. The summed E-state index contributed by atoms with van der Waals surface area (Å²) >= 11 is 0. The number of carbonyl (C=O) groups is 3. The molecule has 1 aromatic heterocycles. The quantitative estimate of drug-likeness (QED) is 0.474. The number of carbonyl (C=O) groups excluding carboxylic acids is 3. The van der Waals surface area contributed by atoms with Crippen LogP contribution < -0.4 is 10.1 Å². The number of nitrogens with zero attached hydrogens (tertiary/aromatic N) is 3. The topological polar surface area (TPSA) is 103 Å². The molecule has 204 valence electrons. The molecule has 1 amide bonds. The molecule has 1 saturated heterocycles. The molecule has 2 aromatic rings. The number of Topliss-reactive ketones (excluding diaryl/α,β-unsaturated/α-hetero) is 2. The summed E-state index contributed by atoms with van der Waals surface area (Å²) in [4.78, 5) is 41.2. The molecule has 5 rings (SSSR count). The summed E-state index contributed by atoms with van der Waals surface area (Å²) in [5.74, 6) is 0.421.